The van der Waals surface area contributed by atoms with Gasteiger partial charge in [0, 0.05) is 38.3 Å². The number of hydrogen-bond acceptors (Lipinski definition) is 6. The van der Waals surface area contributed by atoms with Gasteiger partial charge in [-0.15, -0.1) is 12.4 Å². The molecule has 0 aliphatic carbocycles. The van der Waals surface area contributed by atoms with Crippen LogP contribution in [0.2, 0.25) is 0 Å². The zero-order valence-electron chi connectivity index (χ0n) is 16.3. The summed E-state index contributed by atoms with van der Waals surface area (Å²) in [6, 6.07) is 3.79. The van der Waals surface area contributed by atoms with Gasteiger partial charge in [-0.2, -0.15) is 4.31 Å². The van der Waals surface area contributed by atoms with Crippen molar-refractivity contribution in [2.75, 3.05) is 26.2 Å². The van der Waals surface area contributed by atoms with Crippen LogP contribution in [0.1, 0.15) is 32.3 Å². The van der Waals surface area contributed by atoms with Gasteiger partial charge >= 0.3 is 0 Å². The highest BCUT2D eigenvalue weighted by molar-refractivity contribution is 7.89. The Morgan fingerprint density at radius 1 is 1.29 bits per heavy atom. The SMILES string of the molecule is CCCC(C)(N)C(=O)N1CCN(S(=O)(=O)c2cc([N+](=O)[O-])ccc2C)CC1.Cl. The standard InChI is InChI=1S/C17H26N4O5S.ClH/c1-4-7-17(3,18)16(22)19-8-10-20(11-9-19)27(25,26)15-12-14(21(23)24)6-5-13(15)2;/h5-6,12H,4,7-11,18H2,1-3H3;1H. The zero-order chi connectivity index (χ0) is 20.4. The van der Waals surface area contributed by atoms with Crippen molar-refractivity contribution in [3.8, 4) is 0 Å². The van der Waals surface area contributed by atoms with E-state index in [0.717, 1.165) is 12.5 Å². The summed E-state index contributed by atoms with van der Waals surface area (Å²) in [5.41, 5.74) is 5.29. The number of halogens is 1. The number of benzene rings is 1. The van der Waals surface area contributed by atoms with Crippen LogP contribution in [0.25, 0.3) is 0 Å². The molecule has 0 aromatic heterocycles. The van der Waals surface area contributed by atoms with Gasteiger partial charge in [0.25, 0.3) is 5.69 Å². The van der Waals surface area contributed by atoms with Crippen LogP contribution in [-0.2, 0) is 14.8 Å². The molecule has 28 heavy (non-hydrogen) atoms. The van der Waals surface area contributed by atoms with E-state index in [-0.39, 0.29) is 55.1 Å². The summed E-state index contributed by atoms with van der Waals surface area (Å²) in [7, 11) is -3.88. The average Bonchev–Trinajstić information content (AvgIpc) is 2.61. The summed E-state index contributed by atoms with van der Waals surface area (Å²) >= 11 is 0. The summed E-state index contributed by atoms with van der Waals surface area (Å²) in [4.78, 5) is 24.4. The fraction of sp³-hybridized carbons (Fsp3) is 0.588. The van der Waals surface area contributed by atoms with Crippen LogP contribution >= 0.6 is 12.4 Å². The third-order valence-corrected chi connectivity index (χ3v) is 6.82. The number of aryl methyl sites for hydroxylation is 1. The maximum absolute atomic E-state index is 12.9. The van der Waals surface area contributed by atoms with E-state index in [9.17, 15) is 23.3 Å². The van der Waals surface area contributed by atoms with Crippen molar-refractivity contribution in [3.05, 3.63) is 33.9 Å². The first-order valence-corrected chi connectivity index (χ1v) is 10.3. The third-order valence-electron chi connectivity index (χ3n) is 4.78. The van der Waals surface area contributed by atoms with E-state index in [1.165, 1.54) is 16.4 Å². The molecule has 1 aromatic carbocycles. The number of sulfonamides is 1. The van der Waals surface area contributed by atoms with E-state index >= 15 is 0 Å². The molecule has 2 N–H and O–H groups in total. The summed E-state index contributed by atoms with van der Waals surface area (Å²) in [5, 5.41) is 11.0. The van der Waals surface area contributed by atoms with E-state index in [0.29, 0.717) is 12.0 Å². The second kappa shape index (κ2) is 9.17. The lowest BCUT2D eigenvalue weighted by atomic mass is 9.95. The Morgan fingerprint density at radius 3 is 2.36 bits per heavy atom. The highest BCUT2D eigenvalue weighted by atomic mass is 35.5. The highest BCUT2D eigenvalue weighted by Gasteiger charge is 2.36. The molecule has 1 fully saturated rings. The number of carbonyl (C=O) groups excluding carboxylic acids is 1. The highest BCUT2D eigenvalue weighted by Crippen LogP contribution is 2.26. The van der Waals surface area contributed by atoms with Crippen LogP contribution in [-0.4, -0.2) is 60.2 Å². The Kier molecular flexibility index (Phi) is 7.95. The Morgan fingerprint density at radius 2 is 1.86 bits per heavy atom. The topological polar surface area (TPSA) is 127 Å². The van der Waals surface area contributed by atoms with Gasteiger partial charge in [0.2, 0.25) is 15.9 Å². The number of nitro benzene ring substituents is 1. The van der Waals surface area contributed by atoms with E-state index in [1.54, 1.807) is 18.7 Å². The first-order chi connectivity index (χ1) is 12.5. The summed E-state index contributed by atoms with van der Waals surface area (Å²) in [6.45, 7) is 5.96. The van der Waals surface area contributed by atoms with Gasteiger partial charge in [-0.3, -0.25) is 14.9 Å². The number of nitrogens with two attached hydrogens (primary N) is 1. The maximum atomic E-state index is 12.9. The lowest BCUT2D eigenvalue weighted by Crippen LogP contribution is -2.58. The minimum atomic E-state index is -3.88. The van der Waals surface area contributed by atoms with Gasteiger partial charge in [-0.1, -0.05) is 19.4 Å². The molecule has 1 aliphatic rings. The summed E-state index contributed by atoms with van der Waals surface area (Å²) in [5.74, 6) is -0.187. The molecule has 1 saturated heterocycles. The molecule has 158 valence electrons. The van der Waals surface area contributed by atoms with Gasteiger partial charge in [0.1, 0.15) is 0 Å². The van der Waals surface area contributed by atoms with E-state index in [4.69, 9.17) is 5.73 Å². The van der Waals surface area contributed by atoms with Crippen molar-refractivity contribution in [1.29, 1.82) is 0 Å². The lowest BCUT2D eigenvalue weighted by Gasteiger charge is -2.38. The summed E-state index contributed by atoms with van der Waals surface area (Å²) in [6.07, 6.45) is 1.33. The van der Waals surface area contributed by atoms with Crippen molar-refractivity contribution in [2.45, 2.75) is 44.0 Å². The molecule has 1 atom stereocenters. The van der Waals surface area contributed by atoms with Crippen LogP contribution in [0.5, 0.6) is 0 Å². The number of nitrogens with zero attached hydrogens (tertiary/aromatic N) is 3. The molecular formula is C17H27ClN4O5S. The number of piperazine rings is 1. The van der Waals surface area contributed by atoms with Gasteiger partial charge in [0.15, 0.2) is 0 Å². The molecule has 1 aromatic rings. The fourth-order valence-electron chi connectivity index (χ4n) is 3.24. The van der Waals surface area contributed by atoms with E-state index in [2.05, 4.69) is 0 Å². The number of hydrogen-bond donors (Lipinski definition) is 1. The number of rotatable bonds is 6. The minimum absolute atomic E-state index is 0. The molecule has 1 aliphatic heterocycles. The quantitative estimate of drug-likeness (QED) is 0.536. The van der Waals surface area contributed by atoms with Crippen LogP contribution < -0.4 is 5.73 Å². The first kappa shape index (κ1) is 24.3. The number of non-ortho nitro benzene ring substituents is 1. The zero-order valence-corrected chi connectivity index (χ0v) is 17.9. The predicted molar refractivity (Wildman–Crippen MR) is 108 cm³/mol. The maximum Gasteiger partial charge on any atom is 0.270 e. The Hall–Kier alpha value is -1.75. The second-order valence-corrected chi connectivity index (χ2v) is 8.98. The minimum Gasteiger partial charge on any atom is -0.338 e. The van der Waals surface area contributed by atoms with E-state index < -0.39 is 20.5 Å². The lowest BCUT2D eigenvalue weighted by molar-refractivity contribution is -0.385. The molecule has 2 rings (SSSR count). The Bertz CT molecular complexity index is 836. The first-order valence-electron chi connectivity index (χ1n) is 8.84. The van der Waals surface area contributed by atoms with Crippen molar-refractivity contribution in [1.82, 2.24) is 9.21 Å². The largest absolute Gasteiger partial charge is 0.338 e. The number of nitro groups is 1. The average molecular weight is 435 g/mol. The van der Waals surface area contributed by atoms with Crippen molar-refractivity contribution < 1.29 is 18.1 Å². The van der Waals surface area contributed by atoms with Crippen LogP contribution in [0.15, 0.2) is 23.1 Å². The van der Waals surface area contributed by atoms with Crippen molar-refractivity contribution in [2.24, 2.45) is 5.73 Å². The van der Waals surface area contributed by atoms with Crippen molar-refractivity contribution >= 4 is 34.0 Å². The molecule has 0 spiro atoms. The molecule has 0 saturated carbocycles. The molecule has 9 nitrogen and oxygen atoms in total. The smallest absolute Gasteiger partial charge is 0.270 e. The molecule has 0 radical (unpaired) electrons. The Labute approximate surface area is 171 Å². The molecule has 1 unspecified atom stereocenters. The number of carbonyl (C=O) groups is 1. The molecular weight excluding hydrogens is 408 g/mol. The Balaban J connectivity index is 0.00000392. The van der Waals surface area contributed by atoms with Gasteiger partial charge in [-0.25, -0.2) is 8.42 Å². The monoisotopic (exact) mass is 434 g/mol. The van der Waals surface area contributed by atoms with Crippen molar-refractivity contribution in [3.63, 3.8) is 0 Å². The van der Waals surface area contributed by atoms with Crippen LogP contribution in [0.4, 0.5) is 5.69 Å². The molecule has 1 amide bonds. The summed E-state index contributed by atoms with van der Waals surface area (Å²) < 4.78 is 27.1. The molecule has 11 heteroatoms. The van der Waals surface area contributed by atoms with Gasteiger partial charge < -0.3 is 10.6 Å². The molecule has 1 heterocycles. The van der Waals surface area contributed by atoms with Gasteiger partial charge in [0.05, 0.1) is 15.4 Å². The second-order valence-electron chi connectivity index (χ2n) is 7.07. The van der Waals surface area contributed by atoms with E-state index in [1.807, 2.05) is 6.92 Å². The predicted octanol–water partition coefficient (Wildman–Crippen LogP) is 1.68. The van der Waals surface area contributed by atoms with Gasteiger partial charge in [-0.05, 0) is 25.8 Å². The third kappa shape index (κ3) is 4.99. The normalized spacial score (nSPS) is 17.5. The fourth-order valence-corrected chi connectivity index (χ4v) is 4.91. The van der Waals surface area contributed by atoms with Crippen LogP contribution in [0.3, 0.4) is 0 Å². The number of amides is 1. The molecule has 0 bridgehead atoms. The van der Waals surface area contributed by atoms with Crippen LogP contribution in [0, 0.1) is 17.0 Å².